The number of hydrogen-bond acceptors (Lipinski definition) is 2. The molecule has 0 saturated carbocycles. The van der Waals surface area contributed by atoms with E-state index in [0.29, 0.717) is 0 Å². The molecule has 0 aliphatic carbocycles. The van der Waals surface area contributed by atoms with E-state index in [1.165, 1.54) is 0 Å². The van der Waals surface area contributed by atoms with Crippen LogP contribution in [0.1, 0.15) is 42.0 Å². The SMILES string of the molecule is CCCCB1OC(c2ccccc2)(c2ccccc2)C(c2ccccc2)(c2ccccc2)O1. The molecule has 0 amide bonds. The van der Waals surface area contributed by atoms with E-state index in [9.17, 15) is 0 Å². The van der Waals surface area contributed by atoms with Crippen molar-refractivity contribution in [3.05, 3.63) is 144 Å². The molecule has 0 atom stereocenters. The Hall–Kier alpha value is -3.14. The van der Waals surface area contributed by atoms with Crippen LogP contribution in [0.3, 0.4) is 0 Å². The maximum absolute atomic E-state index is 7.13. The van der Waals surface area contributed by atoms with Gasteiger partial charge in [-0.05, 0) is 28.6 Å². The smallest absolute Gasteiger partial charge is 0.394 e. The van der Waals surface area contributed by atoms with Gasteiger partial charge < -0.3 is 9.31 Å². The molecule has 1 aliphatic rings. The molecule has 0 radical (unpaired) electrons. The number of hydrogen-bond donors (Lipinski definition) is 0. The van der Waals surface area contributed by atoms with E-state index >= 15 is 0 Å². The Morgan fingerprint density at radius 1 is 0.515 bits per heavy atom. The van der Waals surface area contributed by atoms with E-state index in [0.717, 1.165) is 41.4 Å². The largest absolute Gasteiger partial charge is 0.458 e. The fraction of sp³-hybridized carbons (Fsp3) is 0.200. The maximum atomic E-state index is 7.13. The Kier molecular flexibility index (Phi) is 6.17. The van der Waals surface area contributed by atoms with Gasteiger partial charge in [0.05, 0.1) is 0 Å². The lowest BCUT2D eigenvalue weighted by Gasteiger charge is -2.46. The zero-order valence-corrected chi connectivity index (χ0v) is 19.1. The number of unbranched alkanes of at least 4 members (excludes halogenated alkanes) is 1. The van der Waals surface area contributed by atoms with Crippen molar-refractivity contribution >= 4 is 7.12 Å². The molecule has 0 spiro atoms. The third kappa shape index (κ3) is 3.62. The summed E-state index contributed by atoms with van der Waals surface area (Å²) in [4.78, 5) is 0. The standard InChI is InChI=1S/C30H29BO2/c1-2-3-24-31-32-29(25-16-8-4-9-17-25,26-18-10-5-11-19-26)30(33-31,27-20-12-6-13-21-27)28-22-14-7-15-23-28/h4-23H,2-3,24H2,1H3. The molecule has 4 aromatic rings. The Bertz CT molecular complexity index is 977. The summed E-state index contributed by atoms with van der Waals surface area (Å²) in [7, 11) is -0.328. The average Bonchev–Trinajstić information content (AvgIpc) is 3.27. The second-order valence-corrected chi connectivity index (χ2v) is 8.63. The summed E-state index contributed by atoms with van der Waals surface area (Å²) in [5.74, 6) is 0. The zero-order valence-electron chi connectivity index (χ0n) is 19.1. The molecule has 1 aliphatic heterocycles. The molecule has 3 heteroatoms. The lowest BCUT2D eigenvalue weighted by Crippen LogP contribution is -2.48. The fourth-order valence-electron chi connectivity index (χ4n) is 5.18. The predicted molar refractivity (Wildman–Crippen MR) is 135 cm³/mol. The van der Waals surface area contributed by atoms with Gasteiger partial charge in [-0.2, -0.15) is 0 Å². The molecule has 33 heavy (non-hydrogen) atoms. The monoisotopic (exact) mass is 432 g/mol. The quantitative estimate of drug-likeness (QED) is 0.287. The van der Waals surface area contributed by atoms with Crippen LogP contribution in [0.5, 0.6) is 0 Å². The summed E-state index contributed by atoms with van der Waals surface area (Å²) in [6.07, 6.45) is 2.99. The van der Waals surface area contributed by atoms with E-state index in [4.69, 9.17) is 9.31 Å². The molecule has 1 saturated heterocycles. The first kappa shape index (κ1) is 21.7. The second-order valence-electron chi connectivity index (χ2n) is 8.63. The molecular weight excluding hydrogens is 403 g/mol. The molecule has 0 aromatic heterocycles. The van der Waals surface area contributed by atoms with Gasteiger partial charge >= 0.3 is 7.12 Å². The van der Waals surface area contributed by atoms with Crippen molar-refractivity contribution in [1.82, 2.24) is 0 Å². The lowest BCUT2D eigenvalue weighted by atomic mass is 9.66. The van der Waals surface area contributed by atoms with Crippen molar-refractivity contribution in [2.24, 2.45) is 0 Å². The van der Waals surface area contributed by atoms with E-state index in [2.05, 4.69) is 128 Å². The molecule has 5 rings (SSSR count). The van der Waals surface area contributed by atoms with Crippen molar-refractivity contribution in [3.63, 3.8) is 0 Å². The summed E-state index contributed by atoms with van der Waals surface area (Å²) in [5, 5.41) is 0. The molecule has 0 unspecified atom stereocenters. The van der Waals surface area contributed by atoms with Gasteiger partial charge in [0.25, 0.3) is 0 Å². The van der Waals surface area contributed by atoms with Crippen molar-refractivity contribution < 1.29 is 9.31 Å². The minimum atomic E-state index is -0.851. The summed E-state index contributed by atoms with van der Waals surface area (Å²) in [6, 6.07) is 42.2. The van der Waals surface area contributed by atoms with Crippen LogP contribution >= 0.6 is 0 Å². The molecular formula is C30H29BO2. The molecule has 0 N–H and O–H groups in total. The van der Waals surface area contributed by atoms with Gasteiger partial charge in [0, 0.05) is 0 Å². The van der Waals surface area contributed by atoms with Crippen molar-refractivity contribution in [3.8, 4) is 0 Å². The third-order valence-electron chi connectivity index (χ3n) is 6.63. The van der Waals surface area contributed by atoms with Crippen LogP contribution < -0.4 is 0 Å². The number of benzene rings is 4. The highest BCUT2D eigenvalue weighted by atomic mass is 16.7. The second kappa shape index (κ2) is 9.39. The summed E-state index contributed by atoms with van der Waals surface area (Å²) in [6.45, 7) is 2.21. The molecule has 0 bridgehead atoms. The van der Waals surface area contributed by atoms with Gasteiger partial charge in [0.2, 0.25) is 0 Å². The maximum Gasteiger partial charge on any atom is 0.458 e. The highest BCUT2D eigenvalue weighted by Crippen LogP contribution is 2.59. The predicted octanol–water partition coefficient (Wildman–Crippen LogP) is 7.21. The van der Waals surface area contributed by atoms with Gasteiger partial charge in [-0.15, -0.1) is 0 Å². The van der Waals surface area contributed by atoms with Gasteiger partial charge in [-0.3, -0.25) is 0 Å². The van der Waals surface area contributed by atoms with E-state index in [-0.39, 0.29) is 7.12 Å². The van der Waals surface area contributed by atoms with Crippen molar-refractivity contribution in [2.75, 3.05) is 0 Å². The molecule has 164 valence electrons. The third-order valence-corrected chi connectivity index (χ3v) is 6.63. The van der Waals surface area contributed by atoms with Crippen LogP contribution in [0.25, 0.3) is 0 Å². The van der Waals surface area contributed by atoms with Crippen LogP contribution in [-0.2, 0) is 20.5 Å². The van der Waals surface area contributed by atoms with Crippen molar-refractivity contribution in [2.45, 2.75) is 37.3 Å². The normalized spacial score (nSPS) is 16.6. The van der Waals surface area contributed by atoms with E-state index in [1.807, 2.05) is 0 Å². The van der Waals surface area contributed by atoms with Crippen LogP contribution in [0.4, 0.5) is 0 Å². The van der Waals surface area contributed by atoms with Gasteiger partial charge in [-0.25, -0.2) is 0 Å². The first-order chi connectivity index (χ1) is 16.3. The minimum absolute atomic E-state index is 0.328. The average molecular weight is 432 g/mol. The number of rotatable bonds is 7. The van der Waals surface area contributed by atoms with Gasteiger partial charge in [0.1, 0.15) is 11.2 Å². The van der Waals surface area contributed by atoms with Gasteiger partial charge in [0.15, 0.2) is 0 Å². The van der Waals surface area contributed by atoms with Crippen LogP contribution in [-0.4, -0.2) is 7.12 Å². The van der Waals surface area contributed by atoms with Gasteiger partial charge in [-0.1, -0.05) is 141 Å². The van der Waals surface area contributed by atoms with Crippen LogP contribution in [0.15, 0.2) is 121 Å². The van der Waals surface area contributed by atoms with Crippen LogP contribution in [0, 0.1) is 0 Å². The minimum Gasteiger partial charge on any atom is -0.394 e. The van der Waals surface area contributed by atoms with E-state index in [1.54, 1.807) is 0 Å². The Balaban J connectivity index is 1.88. The highest BCUT2D eigenvalue weighted by Gasteiger charge is 2.65. The zero-order chi connectivity index (χ0) is 22.6. The molecule has 1 fully saturated rings. The summed E-state index contributed by atoms with van der Waals surface area (Å²) in [5.41, 5.74) is 2.64. The topological polar surface area (TPSA) is 18.5 Å². The van der Waals surface area contributed by atoms with E-state index < -0.39 is 11.2 Å². The fourth-order valence-corrected chi connectivity index (χ4v) is 5.18. The summed E-state index contributed by atoms with van der Waals surface area (Å²) < 4.78 is 14.3. The first-order valence-electron chi connectivity index (χ1n) is 11.9. The Morgan fingerprint density at radius 3 is 1.09 bits per heavy atom. The Morgan fingerprint density at radius 2 is 0.818 bits per heavy atom. The first-order valence-corrected chi connectivity index (χ1v) is 11.9. The summed E-state index contributed by atoms with van der Waals surface area (Å²) >= 11 is 0. The van der Waals surface area contributed by atoms with Crippen molar-refractivity contribution in [1.29, 1.82) is 0 Å². The lowest BCUT2D eigenvalue weighted by molar-refractivity contribution is 0.00370. The van der Waals surface area contributed by atoms with Crippen LogP contribution in [0.2, 0.25) is 6.32 Å². The Labute approximate surface area is 197 Å². The molecule has 4 aromatic carbocycles. The highest BCUT2D eigenvalue weighted by molar-refractivity contribution is 6.45. The molecule has 2 nitrogen and oxygen atoms in total. The molecule has 1 heterocycles.